The summed E-state index contributed by atoms with van der Waals surface area (Å²) in [5.41, 5.74) is 2.75. The Labute approximate surface area is 143 Å². The molecule has 0 N–H and O–H groups in total. The number of pyridine rings is 1. The molecule has 3 heterocycles. The Balaban J connectivity index is 1.52. The minimum Gasteiger partial charge on any atom is -0.495 e. The summed E-state index contributed by atoms with van der Waals surface area (Å²) >= 11 is 0. The number of oxazole rings is 1. The first-order chi connectivity index (χ1) is 12.3. The molecule has 0 amide bonds. The Kier molecular flexibility index (Phi) is 3.96. The molecule has 0 radical (unpaired) electrons. The summed E-state index contributed by atoms with van der Waals surface area (Å²) in [5, 5.41) is 7.83. The molecule has 7 nitrogen and oxygen atoms in total. The summed E-state index contributed by atoms with van der Waals surface area (Å²) in [6, 6.07) is 12.8. The highest BCUT2D eigenvalue weighted by atomic mass is 16.5. The van der Waals surface area contributed by atoms with Crippen LogP contribution in [0, 0.1) is 0 Å². The van der Waals surface area contributed by atoms with Crippen LogP contribution in [-0.4, -0.2) is 27.3 Å². The van der Waals surface area contributed by atoms with E-state index in [4.69, 9.17) is 13.9 Å². The molecule has 25 heavy (non-hydrogen) atoms. The maximum absolute atomic E-state index is 5.78. The second-order valence-electron chi connectivity index (χ2n) is 5.24. The van der Waals surface area contributed by atoms with Crippen LogP contribution in [-0.2, 0) is 6.61 Å². The van der Waals surface area contributed by atoms with Crippen molar-refractivity contribution in [3.63, 3.8) is 0 Å². The van der Waals surface area contributed by atoms with Crippen LogP contribution in [0.3, 0.4) is 0 Å². The monoisotopic (exact) mass is 334 g/mol. The lowest BCUT2D eigenvalue weighted by atomic mass is 10.3. The fraction of sp³-hybridized carbons (Fsp3) is 0.111. The molecule has 0 unspecified atom stereocenters. The predicted octanol–water partition coefficient (Wildman–Crippen LogP) is 3.27. The zero-order valence-electron chi connectivity index (χ0n) is 13.4. The van der Waals surface area contributed by atoms with Crippen molar-refractivity contribution in [2.24, 2.45) is 0 Å². The van der Waals surface area contributed by atoms with Gasteiger partial charge in [0.1, 0.15) is 29.3 Å². The molecule has 0 aliphatic heterocycles. The highest BCUT2D eigenvalue weighted by Gasteiger charge is 2.10. The van der Waals surface area contributed by atoms with E-state index < -0.39 is 0 Å². The Bertz CT molecular complexity index is 984. The van der Waals surface area contributed by atoms with Crippen molar-refractivity contribution in [1.29, 1.82) is 0 Å². The van der Waals surface area contributed by atoms with Gasteiger partial charge in [-0.2, -0.15) is 5.10 Å². The molecule has 1 aromatic carbocycles. The number of methoxy groups -OCH3 is 1. The molecule has 0 bridgehead atoms. The number of nitrogens with zero attached hydrogens (tertiary/aromatic N) is 4. The van der Waals surface area contributed by atoms with E-state index in [0.29, 0.717) is 40.8 Å². The normalized spacial score (nSPS) is 10.8. The van der Waals surface area contributed by atoms with Gasteiger partial charge in [-0.05, 0) is 36.4 Å². The fourth-order valence-corrected chi connectivity index (χ4v) is 2.30. The molecular formula is C18H14N4O3. The molecule has 124 valence electrons. The van der Waals surface area contributed by atoms with Crippen molar-refractivity contribution in [2.75, 3.05) is 7.11 Å². The highest BCUT2D eigenvalue weighted by Crippen LogP contribution is 2.26. The Morgan fingerprint density at radius 2 is 2.00 bits per heavy atom. The van der Waals surface area contributed by atoms with Gasteiger partial charge >= 0.3 is 0 Å². The van der Waals surface area contributed by atoms with E-state index in [1.807, 2.05) is 30.3 Å². The van der Waals surface area contributed by atoms with Crippen LogP contribution in [0.4, 0.5) is 0 Å². The second kappa shape index (κ2) is 6.56. The number of aromatic nitrogens is 4. The summed E-state index contributed by atoms with van der Waals surface area (Å²) in [6.07, 6.45) is 3.26. The third kappa shape index (κ3) is 3.25. The number of fused-ring (bicyclic) bond motifs is 1. The Hall–Kier alpha value is -3.48. The van der Waals surface area contributed by atoms with Gasteiger partial charge in [-0.25, -0.2) is 4.98 Å². The topological polar surface area (TPSA) is 83.2 Å². The van der Waals surface area contributed by atoms with Crippen molar-refractivity contribution in [1.82, 2.24) is 20.2 Å². The summed E-state index contributed by atoms with van der Waals surface area (Å²) in [6.45, 7) is 0.352. The van der Waals surface area contributed by atoms with Gasteiger partial charge in [0.25, 0.3) is 0 Å². The Morgan fingerprint density at radius 1 is 1.08 bits per heavy atom. The summed E-state index contributed by atoms with van der Waals surface area (Å²) in [5.74, 6) is 1.82. The van der Waals surface area contributed by atoms with Gasteiger partial charge < -0.3 is 13.9 Å². The van der Waals surface area contributed by atoms with E-state index in [1.165, 1.54) is 0 Å². The maximum atomic E-state index is 5.78. The van der Waals surface area contributed by atoms with Crippen LogP contribution < -0.4 is 9.47 Å². The van der Waals surface area contributed by atoms with Crippen molar-refractivity contribution in [2.45, 2.75) is 6.61 Å². The predicted molar refractivity (Wildman–Crippen MR) is 90.2 cm³/mol. The lowest BCUT2D eigenvalue weighted by Crippen LogP contribution is -1.98. The molecule has 4 aromatic rings. The fourth-order valence-electron chi connectivity index (χ4n) is 2.30. The van der Waals surface area contributed by atoms with E-state index in [9.17, 15) is 0 Å². The standard InChI is InChI=1S/C18H14N4O3/c1-23-14-5-4-12(19-10-14)11-24-13-6-7-17-16(9-13)21-18(25-17)15-3-2-8-20-22-15/h2-10H,11H2,1H3. The molecule has 0 spiro atoms. The first kappa shape index (κ1) is 15.1. The molecule has 0 aliphatic rings. The average molecular weight is 334 g/mol. The smallest absolute Gasteiger partial charge is 0.248 e. The van der Waals surface area contributed by atoms with E-state index in [1.54, 1.807) is 31.6 Å². The first-order valence-electron chi connectivity index (χ1n) is 7.62. The van der Waals surface area contributed by atoms with Crippen molar-refractivity contribution in [3.05, 3.63) is 60.6 Å². The summed E-state index contributed by atoms with van der Waals surface area (Å²) in [7, 11) is 1.61. The van der Waals surface area contributed by atoms with Crippen molar-refractivity contribution in [3.8, 4) is 23.1 Å². The molecule has 3 aromatic heterocycles. The molecule has 0 saturated carbocycles. The number of hydrogen-bond acceptors (Lipinski definition) is 7. The molecule has 0 fully saturated rings. The molecular weight excluding hydrogens is 320 g/mol. The molecule has 0 atom stereocenters. The minimum absolute atomic E-state index is 0.352. The van der Waals surface area contributed by atoms with Crippen LogP contribution in [0.1, 0.15) is 5.69 Å². The SMILES string of the molecule is COc1ccc(COc2ccc3oc(-c4cccnn4)nc3c2)nc1. The summed E-state index contributed by atoms with van der Waals surface area (Å²) in [4.78, 5) is 8.71. The molecule has 0 aliphatic carbocycles. The number of rotatable bonds is 5. The second-order valence-corrected chi connectivity index (χ2v) is 5.24. The Morgan fingerprint density at radius 3 is 2.76 bits per heavy atom. The van der Waals surface area contributed by atoms with Crippen LogP contribution in [0.25, 0.3) is 22.7 Å². The molecule has 4 rings (SSSR count). The average Bonchev–Trinajstić information content (AvgIpc) is 3.11. The van der Waals surface area contributed by atoms with Gasteiger partial charge in [0.05, 0.1) is 19.0 Å². The van der Waals surface area contributed by atoms with Crippen molar-refractivity contribution < 1.29 is 13.9 Å². The van der Waals surface area contributed by atoms with Crippen molar-refractivity contribution >= 4 is 11.1 Å². The van der Waals surface area contributed by atoms with Crippen LogP contribution in [0.2, 0.25) is 0 Å². The molecule has 0 saturated heterocycles. The zero-order valence-corrected chi connectivity index (χ0v) is 13.4. The highest BCUT2D eigenvalue weighted by molar-refractivity contribution is 5.77. The summed E-state index contributed by atoms with van der Waals surface area (Å²) < 4.78 is 16.6. The van der Waals surface area contributed by atoms with Gasteiger partial charge in [-0.1, -0.05) is 0 Å². The van der Waals surface area contributed by atoms with E-state index in [-0.39, 0.29) is 0 Å². The van der Waals surface area contributed by atoms with E-state index >= 15 is 0 Å². The molecule has 7 heteroatoms. The number of ether oxygens (including phenoxy) is 2. The van der Waals surface area contributed by atoms with Gasteiger partial charge in [0, 0.05) is 12.3 Å². The minimum atomic E-state index is 0.352. The van der Waals surface area contributed by atoms with Crippen LogP contribution >= 0.6 is 0 Å². The third-order valence-electron chi connectivity index (χ3n) is 3.57. The number of hydrogen-bond donors (Lipinski definition) is 0. The van der Waals surface area contributed by atoms with E-state index in [2.05, 4.69) is 20.2 Å². The first-order valence-corrected chi connectivity index (χ1v) is 7.62. The maximum Gasteiger partial charge on any atom is 0.248 e. The van der Waals surface area contributed by atoms with Gasteiger partial charge in [-0.15, -0.1) is 5.10 Å². The van der Waals surface area contributed by atoms with E-state index in [0.717, 1.165) is 5.69 Å². The van der Waals surface area contributed by atoms with Crippen LogP contribution in [0.5, 0.6) is 11.5 Å². The van der Waals surface area contributed by atoms with Gasteiger partial charge in [-0.3, -0.25) is 4.98 Å². The lowest BCUT2D eigenvalue weighted by molar-refractivity contribution is 0.301. The van der Waals surface area contributed by atoms with Gasteiger partial charge in [0.2, 0.25) is 5.89 Å². The zero-order chi connectivity index (χ0) is 17.1. The van der Waals surface area contributed by atoms with Crippen LogP contribution in [0.15, 0.2) is 59.3 Å². The number of benzene rings is 1. The largest absolute Gasteiger partial charge is 0.495 e. The lowest BCUT2D eigenvalue weighted by Gasteiger charge is -2.06. The quantitative estimate of drug-likeness (QED) is 0.554. The third-order valence-corrected chi connectivity index (χ3v) is 3.57. The van der Waals surface area contributed by atoms with Gasteiger partial charge in [0.15, 0.2) is 5.58 Å².